The fraction of sp³-hybridized carbons (Fsp3) is 0.464. The van der Waals surface area contributed by atoms with Gasteiger partial charge in [-0.2, -0.15) is 0 Å². The molecule has 38 heavy (non-hydrogen) atoms. The molecule has 0 spiro atoms. The number of nitrogens with zero attached hydrogens (tertiary/aromatic N) is 1. The maximum atomic E-state index is 13.9. The van der Waals surface area contributed by atoms with Crippen molar-refractivity contribution in [2.75, 3.05) is 25.4 Å². The van der Waals surface area contributed by atoms with Gasteiger partial charge in [0, 0.05) is 30.7 Å². The lowest BCUT2D eigenvalue weighted by Crippen LogP contribution is -2.40. The third-order valence-corrected chi connectivity index (χ3v) is 9.95. The highest BCUT2D eigenvalue weighted by atomic mass is 32.2. The molecule has 1 saturated carbocycles. The summed E-state index contributed by atoms with van der Waals surface area (Å²) in [4.78, 5) is 15.4. The molecular formula is C28H34F2N4O3S. The zero-order valence-corrected chi connectivity index (χ0v) is 22.1. The van der Waals surface area contributed by atoms with Crippen molar-refractivity contribution in [1.29, 1.82) is 0 Å². The number of fused-ring (bicyclic) bond motifs is 1. The molecule has 1 aromatic heterocycles. The smallest absolute Gasteiger partial charge is 0.250 e. The number of amides is 1. The molecule has 0 radical (unpaired) electrons. The summed E-state index contributed by atoms with van der Waals surface area (Å²) >= 11 is 0. The standard InChI is InChI=1S/C28H34F2N4O3S/c29-25-7-6-19(16-26(25)30)20-14-22-24(17-33-27(22)23(15-20)28(31)35)18-8-11-34(12-9-18)38(36,37)13-3-10-32-21-4-1-2-5-21/h6-7,14-18,21,32-33H,1-5,8-13H2,(H2,31,35). The molecule has 204 valence electrons. The van der Waals surface area contributed by atoms with Gasteiger partial charge in [-0.3, -0.25) is 4.79 Å². The van der Waals surface area contributed by atoms with Crippen LogP contribution in [0.25, 0.3) is 22.0 Å². The van der Waals surface area contributed by atoms with E-state index in [1.165, 1.54) is 31.7 Å². The molecule has 7 nitrogen and oxygen atoms in total. The number of H-pyrrole nitrogens is 1. The van der Waals surface area contributed by atoms with Crippen molar-refractivity contribution < 1.29 is 22.0 Å². The number of sulfonamides is 1. The minimum Gasteiger partial charge on any atom is -0.366 e. The van der Waals surface area contributed by atoms with Crippen molar-refractivity contribution in [1.82, 2.24) is 14.6 Å². The van der Waals surface area contributed by atoms with Crippen LogP contribution in [0.15, 0.2) is 36.5 Å². The molecule has 5 rings (SSSR count). The van der Waals surface area contributed by atoms with Crippen molar-refractivity contribution >= 4 is 26.8 Å². The van der Waals surface area contributed by atoms with Crippen LogP contribution in [0.5, 0.6) is 0 Å². The molecule has 2 fully saturated rings. The molecule has 2 aliphatic rings. The molecule has 10 heteroatoms. The first-order valence-corrected chi connectivity index (χ1v) is 15.0. The topological polar surface area (TPSA) is 108 Å². The average molecular weight is 545 g/mol. The largest absolute Gasteiger partial charge is 0.366 e. The number of aromatic nitrogens is 1. The van der Waals surface area contributed by atoms with Gasteiger partial charge in [0.25, 0.3) is 5.91 Å². The quantitative estimate of drug-likeness (QED) is 0.341. The zero-order chi connectivity index (χ0) is 26.9. The monoisotopic (exact) mass is 544 g/mol. The minimum atomic E-state index is -3.32. The van der Waals surface area contributed by atoms with Crippen LogP contribution in [-0.2, 0) is 10.0 Å². The van der Waals surface area contributed by atoms with E-state index in [0.717, 1.165) is 29.6 Å². The molecule has 2 heterocycles. The molecule has 0 bridgehead atoms. The number of nitrogens with two attached hydrogens (primary N) is 1. The SMILES string of the molecule is NC(=O)c1cc(-c2ccc(F)c(F)c2)cc2c(C3CCN(S(=O)(=O)CCCNC4CCCC4)CC3)c[nH]c12. The summed E-state index contributed by atoms with van der Waals surface area (Å²) in [5, 5.41) is 4.25. The Balaban J connectivity index is 1.30. The minimum absolute atomic E-state index is 0.0835. The first-order valence-electron chi connectivity index (χ1n) is 13.3. The van der Waals surface area contributed by atoms with Crippen LogP contribution in [0.4, 0.5) is 8.78 Å². The second-order valence-corrected chi connectivity index (χ2v) is 12.6. The van der Waals surface area contributed by atoms with Gasteiger partial charge >= 0.3 is 0 Å². The fourth-order valence-electron chi connectivity index (χ4n) is 5.89. The normalized spacial score (nSPS) is 17.9. The third-order valence-electron chi connectivity index (χ3n) is 7.99. The van der Waals surface area contributed by atoms with Crippen molar-refractivity contribution in [2.45, 2.75) is 56.9 Å². The summed E-state index contributed by atoms with van der Waals surface area (Å²) in [6, 6.07) is 7.57. The predicted octanol–water partition coefficient (Wildman–Crippen LogP) is 4.64. The maximum Gasteiger partial charge on any atom is 0.250 e. The number of piperidine rings is 1. The number of hydrogen-bond acceptors (Lipinski definition) is 4. The van der Waals surface area contributed by atoms with Crippen LogP contribution in [-0.4, -0.2) is 55.0 Å². The highest BCUT2D eigenvalue weighted by Crippen LogP contribution is 2.37. The van der Waals surface area contributed by atoms with E-state index in [4.69, 9.17) is 5.73 Å². The zero-order valence-electron chi connectivity index (χ0n) is 21.3. The van der Waals surface area contributed by atoms with Crippen LogP contribution in [0.2, 0.25) is 0 Å². The van der Waals surface area contributed by atoms with Gasteiger partial charge in [-0.25, -0.2) is 21.5 Å². The summed E-state index contributed by atoms with van der Waals surface area (Å²) < 4.78 is 54.9. The van der Waals surface area contributed by atoms with Gasteiger partial charge in [0.1, 0.15) is 0 Å². The van der Waals surface area contributed by atoms with Gasteiger partial charge < -0.3 is 16.0 Å². The summed E-state index contributed by atoms with van der Waals surface area (Å²) in [7, 11) is -3.32. The maximum absolute atomic E-state index is 13.9. The number of carbonyl (C=O) groups is 1. The number of hydrogen-bond donors (Lipinski definition) is 3. The summed E-state index contributed by atoms with van der Waals surface area (Å²) in [6.07, 6.45) is 8.59. The second-order valence-electron chi connectivity index (χ2n) is 10.5. The highest BCUT2D eigenvalue weighted by Gasteiger charge is 2.30. The van der Waals surface area contributed by atoms with Gasteiger partial charge in [-0.05, 0) is 85.5 Å². The van der Waals surface area contributed by atoms with Gasteiger partial charge in [0.15, 0.2) is 11.6 Å². The predicted molar refractivity (Wildman–Crippen MR) is 144 cm³/mol. The second kappa shape index (κ2) is 11.1. The molecule has 1 aliphatic carbocycles. The van der Waals surface area contributed by atoms with E-state index < -0.39 is 27.6 Å². The number of carbonyl (C=O) groups excluding carboxylic acids is 1. The molecule has 0 unspecified atom stereocenters. The summed E-state index contributed by atoms with van der Waals surface area (Å²) in [5.41, 5.74) is 8.45. The van der Waals surface area contributed by atoms with Crippen LogP contribution in [0, 0.1) is 11.6 Å². The molecular weight excluding hydrogens is 510 g/mol. The number of nitrogens with one attached hydrogen (secondary N) is 2. The first kappa shape index (κ1) is 26.8. The van der Waals surface area contributed by atoms with Gasteiger partial charge in [0.05, 0.1) is 16.8 Å². The number of halogens is 2. The molecule has 1 amide bonds. The van der Waals surface area contributed by atoms with E-state index in [1.807, 2.05) is 12.3 Å². The summed E-state index contributed by atoms with van der Waals surface area (Å²) in [5.74, 6) is -2.32. The van der Waals surface area contributed by atoms with Gasteiger partial charge in [0.2, 0.25) is 10.0 Å². The van der Waals surface area contributed by atoms with Crippen LogP contribution < -0.4 is 11.1 Å². The number of benzene rings is 2. The Kier molecular flexibility index (Phi) is 7.83. The number of aromatic amines is 1. The van der Waals surface area contributed by atoms with E-state index in [1.54, 1.807) is 10.4 Å². The average Bonchev–Trinajstić information content (AvgIpc) is 3.58. The molecule has 3 aromatic rings. The molecule has 4 N–H and O–H groups in total. The first-order chi connectivity index (χ1) is 18.2. The van der Waals surface area contributed by atoms with E-state index >= 15 is 0 Å². The van der Waals surface area contributed by atoms with E-state index in [0.29, 0.717) is 55.0 Å². The Bertz CT molecular complexity index is 1430. The fourth-order valence-corrected chi connectivity index (χ4v) is 7.43. The lowest BCUT2D eigenvalue weighted by atomic mass is 9.88. The van der Waals surface area contributed by atoms with Crippen molar-refractivity contribution in [2.24, 2.45) is 5.73 Å². The molecule has 1 saturated heterocycles. The molecule has 2 aromatic carbocycles. The van der Waals surface area contributed by atoms with Crippen LogP contribution in [0.3, 0.4) is 0 Å². The third kappa shape index (κ3) is 5.62. The highest BCUT2D eigenvalue weighted by molar-refractivity contribution is 7.89. The lowest BCUT2D eigenvalue weighted by Gasteiger charge is -2.31. The number of rotatable bonds is 9. The van der Waals surface area contributed by atoms with Crippen molar-refractivity contribution in [3.63, 3.8) is 0 Å². The Morgan fingerprint density at radius 1 is 1.03 bits per heavy atom. The molecule has 0 atom stereocenters. The van der Waals surface area contributed by atoms with Crippen molar-refractivity contribution in [3.05, 3.63) is 59.3 Å². The van der Waals surface area contributed by atoms with E-state index in [9.17, 15) is 22.0 Å². The van der Waals surface area contributed by atoms with E-state index in [2.05, 4.69) is 10.3 Å². The number of primary amides is 1. The van der Waals surface area contributed by atoms with E-state index in [-0.39, 0.29) is 17.2 Å². The Morgan fingerprint density at radius 2 is 1.76 bits per heavy atom. The Morgan fingerprint density at radius 3 is 2.45 bits per heavy atom. The van der Waals surface area contributed by atoms with Gasteiger partial charge in [-0.15, -0.1) is 0 Å². The van der Waals surface area contributed by atoms with Crippen LogP contribution in [0.1, 0.15) is 66.8 Å². The van der Waals surface area contributed by atoms with Gasteiger partial charge in [-0.1, -0.05) is 18.9 Å². The lowest BCUT2D eigenvalue weighted by molar-refractivity contribution is 0.100. The van der Waals surface area contributed by atoms with Crippen molar-refractivity contribution in [3.8, 4) is 11.1 Å². The Hall–Kier alpha value is -2.82. The molecule has 1 aliphatic heterocycles. The summed E-state index contributed by atoms with van der Waals surface area (Å²) in [6.45, 7) is 1.58. The Labute approximate surface area is 221 Å². The van der Waals surface area contributed by atoms with Crippen LogP contribution >= 0.6 is 0 Å².